The number of carbonyl (C=O) groups is 1. The van der Waals surface area contributed by atoms with Gasteiger partial charge in [-0.3, -0.25) is 0 Å². The molecule has 1 heterocycles. The zero-order valence-electron chi connectivity index (χ0n) is 18.1. The standard InChI is InChI=1S/C25H25N3O3/c1-16-10-11-21-18(12-16)13-20-22(27-21)14-23(30-4)17(2)24(20)28(15-31-25(29)26-3)19-8-6-5-7-9-19/h5-14H,15H2,1-4H3,(H,26,29). The van der Waals surface area contributed by atoms with E-state index in [0.717, 1.165) is 44.5 Å². The van der Waals surface area contributed by atoms with Crippen LogP contribution in [0.1, 0.15) is 11.1 Å². The number of aryl methyl sites for hydroxylation is 1. The van der Waals surface area contributed by atoms with Gasteiger partial charge in [0.1, 0.15) is 5.75 Å². The lowest BCUT2D eigenvalue weighted by Gasteiger charge is -2.28. The average Bonchev–Trinajstić information content (AvgIpc) is 2.79. The molecule has 1 N–H and O–H groups in total. The Kier molecular flexibility index (Phi) is 5.62. The zero-order chi connectivity index (χ0) is 22.0. The molecule has 6 nitrogen and oxygen atoms in total. The Bertz CT molecular complexity index is 1260. The molecule has 0 saturated heterocycles. The fraction of sp³-hybridized carbons (Fsp3) is 0.200. The Morgan fingerprint density at radius 2 is 1.81 bits per heavy atom. The van der Waals surface area contributed by atoms with Crippen LogP contribution in [0.5, 0.6) is 5.75 Å². The van der Waals surface area contributed by atoms with E-state index >= 15 is 0 Å². The number of benzene rings is 3. The van der Waals surface area contributed by atoms with E-state index in [4.69, 9.17) is 14.5 Å². The molecule has 0 aliphatic rings. The summed E-state index contributed by atoms with van der Waals surface area (Å²) < 4.78 is 11.1. The van der Waals surface area contributed by atoms with E-state index in [0.29, 0.717) is 0 Å². The van der Waals surface area contributed by atoms with Crippen molar-refractivity contribution in [1.29, 1.82) is 0 Å². The number of fused-ring (bicyclic) bond motifs is 2. The van der Waals surface area contributed by atoms with Gasteiger partial charge in [0.15, 0.2) is 6.73 Å². The van der Waals surface area contributed by atoms with Gasteiger partial charge >= 0.3 is 6.09 Å². The fourth-order valence-corrected chi connectivity index (χ4v) is 3.79. The highest BCUT2D eigenvalue weighted by Crippen LogP contribution is 2.40. The van der Waals surface area contributed by atoms with Crippen molar-refractivity contribution < 1.29 is 14.3 Å². The maximum Gasteiger partial charge on any atom is 0.408 e. The number of para-hydroxylation sites is 1. The number of nitrogens with zero attached hydrogens (tertiary/aromatic N) is 2. The molecular formula is C25H25N3O3. The van der Waals surface area contributed by atoms with Crippen LogP contribution in [-0.4, -0.2) is 32.0 Å². The van der Waals surface area contributed by atoms with E-state index in [-0.39, 0.29) is 6.73 Å². The van der Waals surface area contributed by atoms with Crippen LogP contribution in [0.4, 0.5) is 16.2 Å². The van der Waals surface area contributed by atoms with Gasteiger partial charge in [-0.1, -0.05) is 29.8 Å². The molecule has 31 heavy (non-hydrogen) atoms. The predicted molar refractivity (Wildman–Crippen MR) is 124 cm³/mol. The summed E-state index contributed by atoms with van der Waals surface area (Å²) in [6, 6.07) is 20.1. The molecule has 0 atom stereocenters. The highest BCUT2D eigenvalue weighted by Gasteiger charge is 2.21. The summed E-state index contributed by atoms with van der Waals surface area (Å²) in [7, 11) is 3.19. The number of rotatable bonds is 5. The Morgan fingerprint density at radius 3 is 2.52 bits per heavy atom. The molecule has 0 radical (unpaired) electrons. The summed E-state index contributed by atoms with van der Waals surface area (Å²) in [4.78, 5) is 18.7. The van der Waals surface area contributed by atoms with Gasteiger partial charge in [0.2, 0.25) is 0 Å². The van der Waals surface area contributed by atoms with Crippen molar-refractivity contribution in [1.82, 2.24) is 10.3 Å². The van der Waals surface area contributed by atoms with E-state index in [9.17, 15) is 4.79 Å². The second-order valence-electron chi connectivity index (χ2n) is 7.38. The summed E-state index contributed by atoms with van der Waals surface area (Å²) >= 11 is 0. The minimum atomic E-state index is -0.495. The number of methoxy groups -OCH3 is 1. The molecule has 0 aliphatic carbocycles. The smallest absolute Gasteiger partial charge is 0.408 e. The Hall–Kier alpha value is -3.80. The number of aromatic nitrogens is 1. The maximum atomic E-state index is 11.9. The largest absolute Gasteiger partial charge is 0.496 e. The number of anilines is 2. The number of carbonyl (C=O) groups excluding carboxylic acids is 1. The van der Waals surface area contributed by atoms with Gasteiger partial charge in [-0.05, 0) is 44.2 Å². The van der Waals surface area contributed by atoms with Crippen molar-refractivity contribution in [2.45, 2.75) is 13.8 Å². The van der Waals surface area contributed by atoms with Gasteiger partial charge in [0, 0.05) is 35.1 Å². The van der Waals surface area contributed by atoms with Crippen LogP contribution in [0.15, 0.2) is 60.7 Å². The number of alkyl carbamates (subject to hydrolysis) is 1. The Balaban J connectivity index is 2.00. The van der Waals surface area contributed by atoms with Crippen LogP contribution < -0.4 is 15.0 Å². The van der Waals surface area contributed by atoms with Gasteiger partial charge in [0.05, 0.1) is 23.8 Å². The Labute approximate surface area is 181 Å². The highest BCUT2D eigenvalue weighted by atomic mass is 16.6. The minimum Gasteiger partial charge on any atom is -0.496 e. The lowest BCUT2D eigenvalue weighted by Crippen LogP contribution is -2.28. The maximum absolute atomic E-state index is 11.9. The molecule has 0 unspecified atom stereocenters. The van der Waals surface area contributed by atoms with Gasteiger partial charge in [-0.25, -0.2) is 9.78 Å². The van der Waals surface area contributed by atoms with Crippen LogP contribution in [-0.2, 0) is 4.74 Å². The lowest BCUT2D eigenvalue weighted by molar-refractivity contribution is 0.151. The molecular weight excluding hydrogens is 390 g/mol. The summed E-state index contributed by atoms with van der Waals surface area (Å²) in [5, 5.41) is 4.52. The van der Waals surface area contributed by atoms with Gasteiger partial charge in [-0.15, -0.1) is 0 Å². The molecule has 0 aliphatic heterocycles. The summed E-state index contributed by atoms with van der Waals surface area (Å²) in [6.45, 7) is 4.11. The van der Waals surface area contributed by atoms with Crippen molar-refractivity contribution in [3.8, 4) is 5.75 Å². The molecule has 158 valence electrons. The van der Waals surface area contributed by atoms with Crippen molar-refractivity contribution in [2.75, 3.05) is 25.8 Å². The third kappa shape index (κ3) is 3.97. The molecule has 0 spiro atoms. The van der Waals surface area contributed by atoms with Crippen molar-refractivity contribution in [3.63, 3.8) is 0 Å². The van der Waals surface area contributed by atoms with Crippen molar-refractivity contribution in [3.05, 3.63) is 71.8 Å². The quantitative estimate of drug-likeness (QED) is 0.346. The van der Waals surface area contributed by atoms with Gasteiger partial charge in [-0.2, -0.15) is 0 Å². The number of amides is 1. The summed E-state index contributed by atoms with van der Waals surface area (Å²) in [5.74, 6) is 0.724. The van der Waals surface area contributed by atoms with E-state index < -0.39 is 6.09 Å². The number of hydrogen-bond acceptors (Lipinski definition) is 5. The molecule has 1 amide bonds. The van der Waals surface area contributed by atoms with Crippen molar-refractivity contribution in [2.24, 2.45) is 0 Å². The van der Waals surface area contributed by atoms with E-state index in [1.165, 1.54) is 5.56 Å². The van der Waals surface area contributed by atoms with Crippen LogP contribution >= 0.6 is 0 Å². The molecule has 6 heteroatoms. The van der Waals surface area contributed by atoms with Crippen LogP contribution in [0, 0.1) is 13.8 Å². The first-order chi connectivity index (χ1) is 15.0. The molecule has 4 rings (SSSR count). The predicted octanol–water partition coefficient (Wildman–Crippen LogP) is 5.47. The average molecular weight is 415 g/mol. The lowest BCUT2D eigenvalue weighted by atomic mass is 10.0. The van der Waals surface area contributed by atoms with Crippen molar-refractivity contribution >= 4 is 39.3 Å². The first-order valence-corrected chi connectivity index (χ1v) is 10.1. The SMILES string of the molecule is CNC(=O)OCN(c1ccccc1)c1c(C)c(OC)cc2nc3ccc(C)cc3cc12. The Morgan fingerprint density at radius 1 is 1.03 bits per heavy atom. The molecule has 0 fully saturated rings. The third-order valence-electron chi connectivity index (χ3n) is 5.33. The first-order valence-electron chi connectivity index (χ1n) is 10.1. The van der Waals surface area contributed by atoms with Crippen LogP contribution in [0.2, 0.25) is 0 Å². The first kappa shape index (κ1) is 20.5. The number of nitrogens with one attached hydrogen (secondary N) is 1. The topological polar surface area (TPSA) is 63.7 Å². The fourth-order valence-electron chi connectivity index (χ4n) is 3.79. The van der Waals surface area contributed by atoms with E-state index in [1.807, 2.05) is 54.3 Å². The molecule has 0 bridgehead atoms. The van der Waals surface area contributed by atoms with Gasteiger partial charge in [0.25, 0.3) is 0 Å². The minimum absolute atomic E-state index is 0.0403. The summed E-state index contributed by atoms with van der Waals surface area (Å²) in [5.41, 5.74) is 5.63. The molecule has 1 aromatic heterocycles. The normalized spacial score (nSPS) is 10.8. The second kappa shape index (κ2) is 8.52. The van der Waals surface area contributed by atoms with Crippen LogP contribution in [0.25, 0.3) is 21.8 Å². The highest BCUT2D eigenvalue weighted by molar-refractivity contribution is 6.03. The van der Waals surface area contributed by atoms with E-state index in [2.05, 4.69) is 30.4 Å². The third-order valence-corrected chi connectivity index (χ3v) is 5.33. The van der Waals surface area contributed by atoms with E-state index in [1.54, 1.807) is 14.2 Å². The number of hydrogen-bond donors (Lipinski definition) is 1. The van der Waals surface area contributed by atoms with Gasteiger partial charge < -0.3 is 19.7 Å². The summed E-state index contributed by atoms with van der Waals surface area (Å²) in [6.07, 6.45) is -0.495. The molecule has 3 aromatic carbocycles. The second-order valence-corrected chi connectivity index (χ2v) is 7.38. The zero-order valence-corrected chi connectivity index (χ0v) is 18.1. The number of ether oxygens (including phenoxy) is 2. The number of pyridine rings is 1. The van der Waals surface area contributed by atoms with Crippen LogP contribution in [0.3, 0.4) is 0 Å². The molecule has 0 saturated carbocycles. The monoisotopic (exact) mass is 415 g/mol. The molecule has 4 aromatic rings.